The van der Waals surface area contributed by atoms with E-state index in [0.717, 1.165) is 25.3 Å². The van der Waals surface area contributed by atoms with Crippen molar-refractivity contribution in [3.63, 3.8) is 0 Å². The zero-order valence-corrected chi connectivity index (χ0v) is 11.0. The fourth-order valence-electron chi connectivity index (χ4n) is 2.46. The number of nitrogens with one attached hydrogen (secondary N) is 2. The Morgan fingerprint density at radius 1 is 1.39 bits per heavy atom. The van der Waals surface area contributed by atoms with Gasteiger partial charge in [0.2, 0.25) is 0 Å². The van der Waals surface area contributed by atoms with Crippen LogP contribution in [0.1, 0.15) is 23.6 Å². The molecule has 2 aromatic rings. The number of aromatic nitrogens is 1. The molecule has 0 bridgehead atoms. The molecule has 1 unspecified atom stereocenters. The van der Waals surface area contributed by atoms with Gasteiger partial charge in [0.1, 0.15) is 0 Å². The van der Waals surface area contributed by atoms with Crippen molar-refractivity contribution in [3.05, 3.63) is 46.4 Å². The van der Waals surface area contributed by atoms with Gasteiger partial charge in [-0.2, -0.15) is 0 Å². The molecule has 2 N–H and O–H groups in total. The van der Waals surface area contributed by atoms with Gasteiger partial charge in [-0.3, -0.25) is 0 Å². The van der Waals surface area contributed by atoms with Crippen molar-refractivity contribution in [3.8, 4) is 0 Å². The van der Waals surface area contributed by atoms with Crippen LogP contribution < -0.4 is 10.6 Å². The number of thiazole rings is 1. The number of hydrogen-bond acceptors (Lipinski definition) is 4. The lowest BCUT2D eigenvalue weighted by atomic mass is 9.91. The molecular formula is C14H17N3S. The average Bonchev–Trinajstić information content (AvgIpc) is 2.92. The molecule has 3 nitrogen and oxygen atoms in total. The summed E-state index contributed by atoms with van der Waals surface area (Å²) in [5, 5.41) is 9.07. The van der Waals surface area contributed by atoms with E-state index in [2.05, 4.69) is 45.3 Å². The van der Waals surface area contributed by atoms with E-state index in [1.807, 2.05) is 5.51 Å². The minimum absolute atomic E-state index is 0.612. The van der Waals surface area contributed by atoms with Crippen LogP contribution in [0.2, 0.25) is 0 Å². The monoisotopic (exact) mass is 259 g/mol. The van der Waals surface area contributed by atoms with Crippen LogP contribution in [-0.2, 0) is 6.54 Å². The third-order valence-corrected chi connectivity index (χ3v) is 4.02. The summed E-state index contributed by atoms with van der Waals surface area (Å²) in [6.07, 6.45) is 1.20. The van der Waals surface area contributed by atoms with E-state index < -0.39 is 0 Å². The SMILES string of the molecule is c1ccc2c(c1)NCCC2CNCc1cscn1. The second-order valence-corrected chi connectivity index (χ2v) is 5.33. The highest BCUT2D eigenvalue weighted by atomic mass is 32.1. The van der Waals surface area contributed by atoms with Gasteiger partial charge in [-0.25, -0.2) is 4.98 Å². The Labute approximate surface area is 111 Å². The van der Waals surface area contributed by atoms with Gasteiger partial charge in [0.15, 0.2) is 0 Å². The largest absolute Gasteiger partial charge is 0.385 e. The molecular weight excluding hydrogens is 242 g/mol. The van der Waals surface area contributed by atoms with Crippen LogP contribution in [0.4, 0.5) is 5.69 Å². The summed E-state index contributed by atoms with van der Waals surface area (Å²) < 4.78 is 0. The number of rotatable bonds is 4. The van der Waals surface area contributed by atoms with E-state index >= 15 is 0 Å². The topological polar surface area (TPSA) is 37.0 Å². The standard InChI is InChI=1S/C14H17N3S/c1-2-4-14-13(3-1)11(5-6-16-14)7-15-8-12-9-18-10-17-12/h1-4,9-11,15-16H,5-8H2. The molecule has 18 heavy (non-hydrogen) atoms. The van der Waals surface area contributed by atoms with Gasteiger partial charge >= 0.3 is 0 Å². The molecule has 0 aliphatic carbocycles. The Morgan fingerprint density at radius 2 is 2.33 bits per heavy atom. The molecule has 1 aromatic heterocycles. The van der Waals surface area contributed by atoms with Crippen molar-refractivity contribution in [2.24, 2.45) is 0 Å². The fraction of sp³-hybridized carbons (Fsp3) is 0.357. The van der Waals surface area contributed by atoms with E-state index in [-0.39, 0.29) is 0 Å². The van der Waals surface area contributed by atoms with E-state index in [9.17, 15) is 0 Å². The second kappa shape index (κ2) is 5.50. The minimum atomic E-state index is 0.612. The summed E-state index contributed by atoms with van der Waals surface area (Å²) in [6, 6.07) is 8.62. The highest BCUT2D eigenvalue weighted by Crippen LogP contribution is 2.30. The second-order valence-electron chi connectivity index (χ2n) is 4.61. The summed E-state index contributed by atoms with van der Waals surface area (Å²) in [5.41, 5.74) is 5.76. The van der Waals surface area contributed by atoms with Crippen LogP contribution in [0.25, 0.3) is 0 Å². The number of para-hydroxylation sites is 1. The molecule has 0 radical (unpaired) electrons. The van der Waals surface area contributed by atoms with Crippen molar-refractivity contribution in [2.75, 3.05) is 18.4 Å². The summed E-state index contributed by atoms with van der Waals surface area (Å²) >= 11 is 1.65. The zero-order valence-electron chi connectivity index (χ0n) is 10.2. The maximum Gasteiger partial charge on any atom is 0.0795 e. The van der Waals surface area contributed by atoms with Crippen molar-refractivity contribution < 1.29 is 0 Å². The van der Waals surface area contributed by atoms with Gasteiger partial charge in [-0.05, 0) is 18.1 Å². The van der Waals surface area contributed by atoms with E-state index in [1.54, 1.807) is 11.3 Å². The van der Waals surface area contributed by atoms with Crippen LogP contribution in [0, 0.1) is 0 Å². The Morgan fingerprint density at radius 3 is 3.22 bits per heavy atom. The first kappa shape index (κ1) is 11.7. The quantitative estimate of drug-likeness (QED) is 0.886. The highest BCUT2D eigenvalue weighted by Gasteiger charge is 2.18. The first-order valence-corrected chi connectivity index (χ1v) is 7.28. The summed E-state index contributed by atoms with van der Waals surface area (Å²) in [6.45, 7) is 2.96. The van der Waals surface area contributed by atoms with Crippen molar-refractivity contribution >= 4 is 17.0 Å². The summed E-state index contributed by atoms with van der Waals surface area (Å²) in [7, 11) is 0. The number of nitrogens with zero attached hydrogens (tertiary/aromatic N) is 1. The maximum absolute atomic E-state index is 4.29. The molecule has 0 saturated heterocycles. The van der Waals surface area contributed by atoms with Crippen molar-refractivity contribution in [2.45, 2.75) is 18.9 Å². The van der Waals surface area contributed by atoms with E-state index in [0.29, 0.717) is 5.92 Å². The van der Waals surface area contributed by atoms with Gasteiger partial charge in [0.05, 0.1) is 11.2 Å². The number of benzene rings is 1. The van der Waals surface area contributed by atoms with Crippen LogP contribution in [0.15, 0.2) is 35.2 Å². The van der Waals surface area contributed by atoms with Gasteiger partial charge in [0, 0.05) is 36.6 Å². The highest BCUT2D eigenvalue weighted by molar-refractivity contribution is 7.07. The lowest BCUT2D eigenvalue weighted by Gasteiger charge is -2.26. The summed E-state index contributed by atoms with van der Waals surface area (Å²) in [5.74, 6) is 0.612. The van der Waals surface area contributed by atoms with E-state index in [1.165, 1.54) is 17.7 Å². The molecule has 1 aliphatic heterocycles. The molecule has 0 fully saturated rings. The molecule has 2 heterocycles. The van der Waals surface area contributed by atoms with Crippen molar-refractivity contribution in [1.29, 1.82) is 0 Å². The minimum Gasteiger partial charge on any atom is -0.385 e. The Balaban J connectivity index is 1.60. The molecule has 3 rings (SSSR count). The molecule has 4 heteroatoms. The van der Waals surface area contributed by atoms with Crippen LogP contribution in [-0.4, -0.2) is 18.1 Å². The molecule has 1 aromatic carbocycles. The van der Waals surface area contributed by atoms with Crippen LogP contribution in [0.5, 0.6) is 0 Å². The van der Waals surface area contributed by atoms with Crippen molar-refractivity contribution in [1.82, 2.24) is 10.3 Å². The molecule has 94 valence electrons. The number of anilines is 1. The van der Waals surface area contributed by atoms with Crippen LogP contribution >= 0.6 is 11.3 Å². The predicted octanol–water partition coefficient (Wildman–Crippen LogP) is 2.83. The third-order valence-electron chi connectivity index (χ3n) is 3.39. The lowest BCUT2D eigenvalue weighted by Crippen LogP contribution is -2.26. The van der Waals surface area contributed by atoms with Gasteiger partial charge in [-0.1, -0.05) is 18.2 Å². The van der Waals surface area contributed by atoms with Crippen LogP contribution in [0.3, 0.4) is 0 Å². The van der Waals surface area contributed by atoms with Gasteiger partial charge in [-0.15, -0.1) is 11.3 Å². The zero-order chi connectivity index (χ0) is 12.2. The first-order chi connectivity index (χ1) is 8.93. The first-order valence-electron chi connectivity index (χ1n) is 6.34. The summed E-state index contributed by atoms with van der Waals surface area (Å²) in [4.78, 5) is 4.29. The molecule has 1 atom stereocenters. The van der Waals surface area contributed by atoms with E-state index in [4.69, 9.17) is 0 Å². The normalized spacial score (nSPS) is 18.1. The predicted molar refractivity (Wildman–Crippen MR) is 76.1 cm³/mol. The van der Waals surface area contributed by atoms with Gasteiger partial charge < -0.3 is 10.6 Å². The third kappa shape index (κ3) is 2.54. The Kier molecular flexibility index (Phi) is 3.57. The van der Waals surface area contributed by atoms with Gasteiger partial charge in [0.25, 0.3) is 0 Å². The molecule has 1 aliphatic rings. The Hall–Kier alpha value is -1.39. The number of fused-ring (bicyclic) bond motifs is 1. The molecule has 0 amide bonds. The number of hydrogen-bond donors (Lipinski definition) is 2. The fourth-order valence-corrected chi connectivity index (χ4v) is 3.02. The maximum atomic E-state index is 4.29. The Bertz CT molecular complexity index is 496. The average molecular weight is 259 g/mol. The molecule has 0 saturated carbocycles. The molecule has 0 spiro atoms. The lowest BCUT2D eigenvalue weighted by molar-refractivity contribution is 0.548. The smallest absolute Gasteiger partial charge is 0.0795 e.